The van der Waals surface area contributed by atoms with E-state index in [-0.39, 0.29) is 8.07 Å². The highest BCUT2D eigenvalue weighted by Crippen LogP contribution is 2.55. The summed E-state index contributed by atoms with van der Waals surface area (Å²) in [5, 5.41) is 0. The van der Waals surface area contributed by atoms with Crippen LogP contribution in [0.25, 0.3) is 0 Å². The molecule has 0 radical (unpaired) electrons. The Morgan fingerprint density at radius 2 is 2.09 bits per heavy atom. The summed E-state index contributed by atoms with van der Waals surface area (Å²) >= 11 is 0. The Balaban J connectivity index is 2.69. The molecule has 2 nitrogen and oxygen atoms in total. The van der Waals surface area contributed by atoms with E-state index in [1.165, 1.54) is 6.42 Å². The van der Waals surface area contributed by atoms with Crippen LogP contribution in [0.1, 0.15) is 20.3 Å². The second-order valence-corrected chi connectivity index (χ2v) is 6.13. The first-order valence-electron chi connectivity index (χ1n) is 3.98. The van der Waals surface area contributed by atoms with Gasteiger partial charge in [0.2, 0.25) is 0 Å². The Morgan fingerprint density at radius 1 is 1.55 bits per heavy atom. The smallest absolute Gasteiger partial charge is 0.0913 e. The molecule has 1 saturated heterocycles. The quantitative estimate of drug-likeness (QED) is 0.566. The normalized spacial score (nSPS) is 37.9. The average Bonchev–Trinajstić information content (AvgIpc) is 2.13. The third-order valence-electron chi connectivity index (χ3n) is 2.71. The standard InChI is InChI=1S/C8H18NOP/c1-8(2)6-7(10-4)11(5)9(8)3/h7H,6H2,1-5H3. The van der Waals surface area contributed by atoms with Crippen molar-refractivity contribution in [2.24, 2.45) is 0 Å². The van der Waals surface area contributed by atoms with Crippen molar-refractivity contribution in [2.45, 2.75) is 31.7 Å². The van der Waals surface area contributed by atoms with E-state index < -0.39 is 0 Å². The van der Waals surface area contributed by atoms with Crippen LogP contribution in [-0.2, 0) is 4.74 Å². The van der Waals surface area contributed by atoms with Gasteiger partial charge < -0.3 is 4.74 Å². The zero-order valence-electron chi connectivity index (χ0n) is 8.09. The fourth-order valence-electron chi connectivity index (χ4n) is 1.55. The molecular weight excluding hydrogens is 157 g/mol. The molecule has 2 atom stereocenters. The average molecular weight is 175 g/mol. The van der Waals surface area contributed by atoms with Crippen molar-refractivity contribution in [2.75, 3.05) is 20.8 Å². The van der Waals surface area contributed by atoms with Gasteiger partial charge in [-0.1, -0.05) is 0 Å². The molecule has 0 saturated carbocycles. The summed E-state index contributed by atoms with van der Waals surface area (Å²) in [4.78, 5) is 0. The van der Waals surface area contributed by atoms with Gasteiger partial charge in [-0.15, -0.1) is 0 Å². The van der Waals surface area contributed by atoms with E-state index in [0.29, 0.717) is 11.4 Å². The van der Waals surface area contributed by atoms with Crippen LogP contribution in [0.15, 0.2) is 0 Å². The van der Waals surface area contributed by atoms with Crippen LogP contribution in [0.4, 0.5) is 0 Å². The van der Waals surface area contributed by atoms with Crippen molar-refractivity contribution >= 4 is 8.07 Å². The Hall–Kier alpha value is 0.350. The third kappa shape index (κ3) is 1.58. The Bertz CT molecular complexity index is 149. The first kappa shape index (κ1) is 9.44. The summed E-state index contributed by atoms with van der Waals surface area (Å²) in [6.07, 6.45) is 1.17. The molecule has 0 aromatic rings. The summed E-state index contributed by atoms with van der Waals surface area (Å²) in [5.74, 6) is 0.477. The van der Waals surface area contributed by atoms with E-state index in [2.05, 4.69) is 32.2 Å². The molecule has 0 aromatic heterocycles. The Morgan fingerprint density at radius 3 is 2.27 bits per heavy atom. The van der Waals surface area contributed by atoms with Crippen molar-refractivity contribution in [1.82, 2.24) is 4.67 Å². The van der Waals surface area contributed by atoms with E-state index >= 15 is 0 Å². The predicted octanol–water partition coefficient (Wildman–Crippen LogP) is 2.10. The Labute approximate surface area is 70.7 Å². The molecule has 3 heteroatoms. The Kier molecular flexibility index (Phi) is 2.58. The van der Waals surface area contributed by atoms with Gasteiger partial charge >= 0.3 is 0 Å². The molecule has 0 N–H and O–H groups in total. The first-order chi connectivity index (χ1) is 4.99. The van der Waals surface area contributed by atoms with Gasteiger partial charge in [0, 0.05) is 12.6 Å². The zero-order chi connectivity index (χ0) is 8.65. The van der Waals surface area contributed by atoms with Crippen LogP contribution in [0.2, 0.25) is 0 Å². The minimum absolute atomic E-state index is 0.0666. The molecule has 2 unspecified atom stereocenters. The lowest BCUT2D eigenvalue weighted by molar-refractivity contribution is 0.146. The molecular formula is C8H18NOP. The largest absolute Gasteiger partial charge is 0.376 e. The highest BCUT2D eigenvalue weighted by Gasteiger charge is 2.41. The van der Waals surface area contributed by atoms with Gasteiger partial charge in [-0.05, 0) is 42.1 Å². The van der Waals surface area contributed by atoms with E-state index in [0.717, 1.165) is 0 Å². The summed E-state index contributed by atoms with van der Waals surface area (Å²) in [6.45, 7) is 6.86. The van der Waals surface area contributed by atoms with E-state index in [9.17, 15) is 0 Å². The van der Waals surface area contributed by atoms with Crippen LogP contribution in [0.3, 0.4) is 0 Å². The van der Waals surface area contributed by atoms with Crippen LogP contribution in [0, 0.1) is 0 Å². The summed E-state index contributed by atoms with van der Waals surface area (Å²) in [6, 6.07) is 0. The lowest BCUT2D eigenvalue weighted by Gasteiger charge is -2.29. The summed E-state index contributed by atoms with van der Waals surface area (Å²) < 4.78 is 7.87. The van der Waals surface area contributed by atoms with Crippen molar-refractivity contribution in [3.05, 3.63) is 0 Å². The SMILES string of the molecule is COC1CC(C)(C)N(C)P1C. The van der Waals surface area contributed by atoms with Crippen LogP contribution >= 0.6 is 8.07 Å². The minimum Gasteiger partial charge on any atom is -0.376 e. The monoisotopic (exact) mass is 175 g/mol. The van der Waals surface area contributed by atoms with E-state index in [1.807, 2.05) is 7.11 Å². The van der Waals surface area contributed by atoms with Crippen LogP contribution in [0.5, 0.6) is 0 Å². The van der Waals surface area contributed by atoms with Crippen LogP contribution < -0.4 is 0 Å². The number of hydrogen-bond donors (Lipinski definition) is 0. The van der Waals surface area contributed by atoms with Gasteiger partial charge in [0.15, 0.2) is 0 Å². The molecule has 0 aromatic carbocycles. The molecule has 11 heavy (non-hydrogen) atoms. The topological polar surface area (TPSA) is 12.5 Å². The van der Waals surface area contributed by atoms with Gasteiger partial charge in [-0.3, -0.25) is 4.67 Å². The number of rotatable bonds is 1. The lowest BCUT2D eigenvalue weighted by Crippen LogP contribution is -2.31. The van der Waals surface area contributed by atoms with Gasteiger partial charge in [0.25, 0.3) is 0 Å². The molecule has 66 valence electrons. The lowest BCUT2D eigenvalue weighted by atomic mass is 10.0. The number of methoxy groups -OCH3 is 1. The van der Waals surface area contributed by atoms with Crippen molar-refractivity contribution in [3.63, 3.8) is 0 Å². The number of nitrogens with zero attached hydrogens (tertiary/aromatic N) is 1. The van der Waals surface area contributed by atoms with Gasteiger partial charge in [-0.25, -0.2) is 0 Å². The van der Waals surface area contributed by atoms with E-state index in [4.69, 9.17) is 4.74 Å². The third-order valence-corrected chi connectivity index (χ3v) is 5.43. The molecule has 1 rings (SSSR count). The van der Waals surface area contributed by atoms with Crippen molar-refractivity contribution < 1.29 is 4.74 Å². The van der Waals surface area contributed by atoms with E-state index in [1.54, 1.807) is 0 Å². The maximum absolute atomic E-state index is 5.42. The minimum atomic E-state index is -0.0666. The predicted molar refractivity (Wildman–Crippen MR) is 50.1 cm³/mol. The highest BCUT2D eigenvalue weighted by atomic mass is 31.1. The second kappa shape index (κ2) is 3.01. The molecule has 0 bridgehead atoms. The fraction of sp³-hybridized carbons (Fsp3) is 1.00. The molecule has 0 spiro atoms. The molecule has 1 fully saturated rings. The highest BCUT2D eigenvalue weighted by molar-refractivity contribution is 7.55. The van der Waals surface area contributed by atoms with Crippen molar-refractivity contribution in [3.8, 4) is 0 Å². The summed E-state index contributed by atoms with van der Waals surface area (Å²) in [7, 11) is 3.95. The molecule has 0 aliphatic carbocycles. The molecule has 1 aliphatic heterocycles. The summed E-state index contributed by atoms with van der Waals surface area (Å²) in [5.41, 5.74) is 0.334. The fourth-order valence-corrected chi connectivity index (χ4v) is 3.89. The van der Waals surface area contributed by atoms with Crippen molar-refractivity contribution in [1.29, 1.82) is 0 Å². The maximum atomic E-state index is 5.42. The maximum Gasteiger partial charge on any atom is 0.0913 e. The van der Waals surface area contributed by atoms with Gasteiger partial charge in [0.05, 0.1) is 5.85 Å². The first-order valence-corrected chi connectivity index (χ1v) is 5.79. The molecule has 0 amide bonds. The zero-order valence-corrected chi connectivity index (χ0v) is 8.98. The molecule has 1 aliphatic rings. The number of ether oxygens (including phenoxy) is 1. The second-order valence-electron chi connectivity index (χ2n) is 3.80. The number of hydrogen-bond acceptors (Lipinski definition) is 2. The van der Waals surface area contributed by atoms with Gasteiger partial charge in [-0.2, -0.15) is 0 Å². The molecule has 1 heterocycles. The van der Waals surface area contributed by atoms with Gasteiger partial charge in [0.1, 0.15) is 0 Å². The van der Waals surface area contributed by atoms with Crippen LogP contribution in [-0.4, -0.2) is 36.9 Å².